The predicted molar refractivity (Wildman–Crippen MR) is 75.5 cm³/mol. The van der Waals surface area contributed by atoms with Gasteiger partial charge in [-0.1, -0.05) is 17.3 Å². The van der Waals surface area contributed by atoms with Gasteiger partial charge < -0.3 is 14.2 Å². The standard InChI is InChI=1S/C15H11FN2O4/c1-8-12(15(20)21)10-3-2-4-11(16)13(10)14(19)18(8)7-9-5-6-17-22-9/h2-6H,7H2,1H3,(H,20,21). The number of rotatable bonds is 3. The number of aromatic carboxylic acids is 1. The zero-order valence-electron chi connectivity index (χ0n) is 11.5. The molecule has 22 heavy (non-hydrogen) atoms. The first-order chi connectivity index (χ1) is 10.5. The number of pyridine rings is 1. The summed E-state index contributed by atoms with van der Waals surface area (Å²) in [7, 11) is 0. The number of benzene rings is 1. The number of carboxylic acid groups (broad SMARTS) is 1. The van der Waals surface area contributed by atoms with Crippen molar-refractivity contribution in [3.05, 3.63) is 63.7 Å². The van der Waals surface area contributed by atoms with Crippen molar-refractivity contribution >= 4 is 16.7 Å². The van der Waals surface area contributed by atoms with Gasteiger partial charge in [0.25, 0.3) is 5.56 Å². The average Bonchev–Trinajstić information content (AvgIpc) is 2.96. The molecule has 0 saturated heterocycles. The summed E-state index contributed by atoms with van der Waals surface area (Å²) < 4.78 is 20.2. The Morgan fingerprint density at radius 3 is 2.82 bits per heavy atom. The first kappa shape index (κ1) is 14.0. The topological polar surface area (TPSA) is 85.3 Å². The van der Waals surface area contributed by atoms with E-state index < -0.39 is 17.3 Å². The van der Waals surface area contributed by atoms with Gasteiger partial charge in [0, 0.05) is 17.1 Å². The normalized spacial score (nSPS) is 11.0. The van der Waals surface area contributed by atoms with E-state index in [1.165, 1.54) is 29.8 Å². The molecule has 112 valence electrons. The second kappa shape index (κ2) is 5.10. The third-order valence-corrected chi connectivity index (χ3v) is 3.53. The molecule has 0 bridgehead atoms. The Labute approximate surface area is 123 Å². The maximum atomic E-state index is 14.0. The highest BCUT2D eigenvalue weighted by molar-refractivity contribution is 6.04. The third kappa shape index (κ3) is 2.07. The average molecular weight is 302 g/mol. The molecule has 2 heterocycles. The Kier molecular flexibility index (Phi) is 3.25. The smallest absolute Gasteiger partial charge is 0.338 e. The summed E-state index contributed by atoms with van der Waals surface area (Å²) in [6, 6.07) is 5.49. The fraction of sp³-hybridized carbons (Fsp3) is 0.133. The van der Waals surface area contributed by atoms with Gasteiger partial charge in [-0.2, -0.15) is 0 Å². The van der Waals surface area contributed by atoms with E-state index in [1.807, 2.05) is 0 Å². The Bertz CT molecular complexity index is 929. The lowest BCUT2D eigenvalue weighted by atomic mass is 10.0. The number of aromatic nitrogens is 2. The Morgan fingerprint density at radius 2 is 2.18 bits per heavy atom. The van der Waals surface area contributed by atoms with Gasteiger partial charge in [-0.25, -0.2) is 9.18 Å². The minimum atomic E-state index is -1.22. The van der Waals surface area contributed by atoms with Gasteiger partial charge in [0.1, 0.15) is 5.82 Å². The lowest BCUT2D eigenvalue weighted by molar-refractivity contribution is 0.0697. The van der Waals surface area contributed by atoms with E-state index >= 15 is 0 Å². The van der Waals surface area contributed by atoms with Crippen LogP contribution in [-0.2, 0) is 6.54 Å². The van der Waals surface area contributed by atoms with Gasteiger partial charge in [0.15, 0.2) is 5.76 Å². The van der Waals surface area contributed by atoms with Crippen molar-refractivity contribution in [1.82, 2.24) is 9.72 Å². The lowest BCUT2D eigenvalue weighted by Gasteiger charge is -2.14. The molecule has 0 radical (unpaired) electrons. The van der Waals surface area contributed by atoms with Gasteiger partial charge in [-0.3, -0.25) is 4.79 Å². The summed E-state index contributed by atoms with van der Waals surface area (Å²) >= 11 is 0. The summed E-state index contributed by atoms with van der Waals surface area (Å²) in [5.41, 5.74) is -0.479. The van der Waals surface area contributed by atoms with Crippen LogP contribution in [0.5, 0.6) is 0 Å². The van der Waals surface area contributed by atoms with Gasteiger partial charge in [-0.05, 0) is 13.0 Å². The van der Waals surface area contributed by atoms with E-state index in [0.29, 0.717) is 5.76 Å². The van der Waals surface area contributed by atoms with Crippen LogP contribution in [0.4, 0.5) is 4.39 Å². The maximum Gasteiger partial charge on any atom is 0.338 e. The van der Waals surface area contributed by atoms with Crippen LogP contribution in [0, 0.1) is 12.7 Å². The summed E-state index contributed by atoms with van der Waals surface area (Å²) in [6.07, 6.45) is 1.41. The second-order valence-corrected chi connectivity index (χ2v) is 4.80. The van der Waals surface area contributed by atoms with E-state index in [1.54, 1.807) is 6.07 Å². The van der Waals surface area contributed by atoms with Crippen LogP contribution in [0.2, 0.25) is 0 Å². The van der Waals surface area contributed by atoms with Crippen molar-refractivity contribution in [2.75, 3.05) is 0 Å². The number of halogens is 1. The zero-order valence-corrected chi connectivity index (χ0v) is 11.5. The molecule has 1 N–H and O–H groups in total. The Morgan fingerprint density at radius 1 is 1.41 bits per heavy atom. The van der Waals surface area contributed by atoms with Crippen LogP contribution in [0.1, 0.15) is 21.8 Å². The lowest BCUT2D eigenvalue weighted by Crippen LogP contribution is -2.26. The molecule has 0 amide bonds. The predicted octanol–water partition coefficient (Wildman–Crippen LogP) is 2.18. The fourth-order valence-corrected chi connectivity index (χ4v) is 2.51. The summed E-state index contributed by atoms with van der Waals surface area (Å²) in [6.45, 7) is 1.49. The Balaban J connectivity index is 2.40. The zero-order chi connectivity index (χ0) is 15.9. The van der Waals surface area contributed by atoms with Crippen LogP contribution in [0.3, 0.4) is 0 Å². The first-order valence-corrected chi connectivity index (χ1v) is 6.45. The van der Waals surface area contributed by atoms with E-state index in [-0.39, 0.29) is 28.6 Å². The van der Waals surface area contributed by atoms with E-state index in [9.17, 15) is 19.1 Å². The quantitative estimate of drug-likeness (QED) is 0.801. The number of hydrogen-bond acceptors (Lipinski definition) is 4. The molecule has 0 saturated carbocycles. The molecular weight excluding hydrogens is 291 g/mol. The van der Waals surface area contributed by atoms with Crippen LogP contribution in [0.15, 0.2) is 39.8 Å². The van der Waals surface area contributed by atoms with Crippen molar-refractivity contribution in [2.24, 2.45) is 0 Å². The van der Waals surface area contributed by atoms with E-state index in [2.05, 4.69) is 5.16 Å². The molecule has 6 nitrogen and oxygen atoms in total. The minimum Gasteiger partial charge on any atom is -0.478 e. The number of carbonyl (C=O) groups is 1. The molecule has 0 aliphatic heterocycles. The van der Waals surface area contributed by atoms with Crippen molar-refractivity contribution < 1.29 is 18.8 Å². The molecule has 0 spiro atoms. The van der Waals surface area contributed by atoms with Crippen molar-refractivity contribution in [3.8, 4) is 0 Å². The second-order valence-electron chi connectivity index (χ2n) is 4.80. The molecular formula is C15H11FN2O4. The van der Waals surface area contributed by atoms with Gasteiger partial charge >= 0.3 is 5.97 Å². The molecule has 0 aliphatic carbocycles. The van der Waals surface area contributed by atoms with Crippen molar-refractivity contribution in [1.29, 1.82) is 0 Å². The largest absolute Gasteiger partial charge is 0.478 e. The number of carboxylic acids is 1. The molecule has 0 aliphatic rings. The highest BCUT2D eigenvalue weighted by Gasteiger charge is 2.21. The number of nitrogens with zero attached hydrogens (tertiary/aromatic N) is 2. The number of fused-ring (bicyclic) bond motifs is 1. The maximum absolute atomic E-state index is 14.0. The van der Waals surface area contributed by atoms with Crippen molar-refractivity contribution in [2.45, 2.75) is 13.5 Å². The molecule has 0 fully saturated rings. The molecule has 2 aromatic heterocycles. The summed E-state index contributed by atoms with van der Waals surface area (Å²) in [5.74, 6) is -1.60. The van der Waals surface area contributed by atoms with E-state index in [0.717, 1.165) is 6.07 Å². The van der Waals surface area contributed by atoms with Crippen LogP contribution in [-0.4, -0.2) is 20.8 Å². The minimum absolute atomic E-state index is 0.0186. The SMILES string of the molecule is Cc1c(C(=O)O)c2cccc(F)c2c(=O)n1Cc1ccno1. The van der Waals surface area contributed by atoms with Crippen molar-refractivity contribution in [3.63, 3.8) is 0 Å². The molecule has 3 aromatic rings. The number of hydrogen-bond donors (Lipinski definition) is 1. The van der Waals surface area contributed by atoms with Gasteiger partial charge in [0.2, 0.25) is 0 Å². The van der Waals surface area contributed by atoms with Crippen LogP contribution < -0.4 is 5.56 Å². The van der Waals surface area contributed by atoms with Crippen LogP contribution >= 0.6 is 0 Å². The monoisotopic (exact) mass is 302 g/mol. The highest BCUT2D eigenvalue weighted by atomic mass is 19.1. The first-order valence-electron chi connectivity index (χ1n) is 6.45. The third-order valence-electron chi connectivity index (χ3n) is 3.53. The molecule has 1 aromatic carbocycles. The fourth-order valence-electron chi connectivity index (χ4n) is 2.51. The molecule has 3 rings (SSSR count). The van der Waals surface area contributed by atoms with Gasteiger partial charge in [0.05, 0.1) is 23.7 Å². The Hall–Kier alpha value is -2.96. The molecule has 7 heteroatoms. The highest BCUT2D eigenvalue weighted by Crippen LogP contribution is 2.22. The summed E-state index contributed by atoms with van der Waals surface area (Å²) in [4.78, 5) is 24.1. The molecule has 0 unspecified atom stereocenters. The van der Waals surface area contributed by atoms with Crippen LogP contribution in [0.25, 0.3) is 10.8 Å². The molecule has 0 atom stereocenters. The van der Waals surface area contributed by atoms with Gasteiger partial charge in [-0.15, -0.1) is 0 Å². The van der Waals surface area contributed by atoms with E-state index in [4.69, 9.17) is 4.52 Å². The summed E-state index contributed by atoms with van der Waals surface area (Å²) in [5, 5.41) is 12.8.